The van der Waals surface area contributed by atoms with E-state index in [1.54, 1.807) is 6.07 Å². The number of halogens is 2. The number of benzene rings is 1. The van der Waals surface area contributed by atoms with Gasteiger partial charge in [0.2, 0.25) is 0 Å². The zero-order valence-corrected chi connectivity index (χ0v) is 12.9. The van der Waals surface area contributed by atoms with Crippen molar-refractivity contribution in [3.05, 3.63) is 27.7 Å². The van der Waals surface area contributed by atoms with Crippen LogP contribution in [0, 0.1) is 10.6 Å². The predicted molar refractivity (Wildman–Crippen MR) is 82.4 cm³/mol. The second-order valence-corrected chi connectivity index (χ2v) is 6.21. The normalized spacial score (nSPS) is 17.9. The third kappa shape index (κ3) is 2.50. The van der Waals surface area contributed by atoms with E-state index >= 15 is 0 Å². The van der Waals surface area contributed by atoms with Crippen molar-refractivity contribution >= 4 is 34.9 Å². The highest BCUT2D eigenvalue weighted by molar-refractivity contribution is 7.71. The lowest BCUT2D eigenvalue weighted by molar-refractivity contribution is 0.237. The fourth-order valence-electron chi connectivity index (χ4n) is 2.90. The lowest BCUT2D eigenvalue weighted by Crippen LogP contribution is -2.33. The van der Waals surface area contributed by atoms with Crippen LogP contribution in [-0.4, -0.2) is 33.6 Å². The summed E-state index contributed by atoms with van der Waals surface area (Å²) in [6.45, 7) is 5.23. The number of hydrogen-bond donors (Lipinski definition) is 1. The van der Waals surface area contributed by atoms with E-state index in [2.05, 4.69) is 16.8 Å². The minimum Gasteiger partial charge on any atom is -0.331 e. The van der Waals surface area contributed by atoms with E-state index in [0.29, 0.717) is 10.8 Å². The quantitative estimate of drug-likeness (QED) is 0.867. The number of rotatable bonds is 3. The molecule has 0 amide bonds. The Morgan fingerprint density at radius 2 is 2.10 bits per heavy atom. The third-order valence-corrected chi connectivity index (χ3v) is 4.64. The van der Waals surface area contributed by atoms with Crippen molar-refractivity contribution in [2.45, 2.75) is 32.4 Å². The van der Waals surface area contributed by atoms with Gasteiger partial charge >= 0.3 is 0 Å². The first-order valence-corrected chi connectivity index (χ1v) is 7.66. The molecule has 1 aromatic heterocycles. The molecule has 0 radical (unpaired) electrons. The molecule has 2 heterocycles. The molecule has 0 bridgehead atoms. The van der Waals surface area contributed by atoms with Crippen molar-refractivity contribution in [1.82, 2.24) is 14.5 Å². The predicted octanol–water partition coefficient (Wildman–Crippen LogP) is 3.98. The summed E-state index contributed by atoms with van der Waals surface area (Å²) in [4.78, 5) is 5.55. The van der Waals surface area contributed by atoms with E-state index in [1.807, 2.05) is 4.57 Å². The van der Waals surface area contributed by atoms with Crippen LogP contribution in [-0.2, 0) is 6.54 Å². The maximum atomic E-state index is 13.7. The number of fused-ring (bicyclic) bond motifs is 1. The van der Waals surface area contributed by atoms with Gasteiger partial charge in [-0.05, 0) is 51.1 Å². The number of imidazole rings is 1. The molecule has 1 fully saturated rings. The molecule has 20 heavy (non-hydrogen) atoms. The summed E-state index contributed by atoms with van der Waals surface area (Å²) < 4.78 is 16.3. The Morgan fingerprint density at radius 3 is 2.80 bits per heavy atom. The topological polar surface area (TPSA) is 24.0 Å². The SMILES string of the molecule is CC(Cn1c(=S)[nH]c2cc(Cl)c(F)cc21)N1CCCC1. The molecule has 3 nitrogen and oxygen atoms in total. The zero-order valence-electron chi connectivity index (χ0n) is 11.3. The van der Waals surface area contributed by atoms with Gasteiger partial charge in [0.15, 0.2) is 4.77 Å². The van der Waals surface area contributed by atoms with Crippen LogP contribution in [0.4, 0.5) is 4.39 Å². The van der Waals surface area contributed by atoms with Crippen LogP contribution in [0.25, 0.3) is 11.0 Å². The number of H-pyrrole nitrogens is 1. The smallest absolute Gasteiger partial charge is 0.178 e. The molecule has 3 rings (SSSR count). The van der Waals surface area contributed by atoms with Gasteiger partial charge in [-0.25, -0.2) is 4.39 Å². The number of likely N-dealkylation sites (tertiary alicyclic amines) is 1. The Labute approximate surface area is 127 Å². The summed E-state index contributed by atoms with van der Waals surface area (Å²) in [6.07, 6.45) is 2.52. The zero-order chi connectivity index (χ0) is 14.3. The van der Waals surface area contributed by atoms with Crippen LogP contribution >= 0.6 is 23.8 Å². The fraction of sp³-hybridized carbons (Fsp3) is 0.500. The van der Waals surface area contributed by atoms with Gasteiger partial charge in [0.25, 0.3) is 0 Å². The Morgan fingerprint density at radius 1 is 1.40 bits per heavy atom. The molecule has 1 N–H and O–H groups in total. The monoisotopic (exact) mass is 313 g/mol. The van der Waals surface area contributed by atoms with Crippen molar-refractivity contribution in [1.29, 1.82) is 0 Å². The second-order valence-electron chi connectivity index (χ2n) is 5.42. The summed E-state index contributed by atoms with van der Waals surface area (Å²) in [6, 6.07) is 3.45. The van der Waals surface area contributed by atoms with E-state index in [1.165, 1.54) is 18.9 Å². The van der Waals surface area contributed by atoms with Gasteiger partial charge in [0.05, 0.1) is 16.1 Å². The van der Waals surface area contributed by atoms with Gasteiger partial charge in [-0.2, -0.15) is 0 Å². The summed E-state index contributed by atoms with van der Waals surface area (Å²) in [7, 11) is 0. The average Bonchev–Trinajstić information content (AvgIpc) is 3.01. The minimum absolute atomic E-state index is 0.119. The molecule has 1 saturated heterocycles. The van der Waals surface area contributed by atoms with Crippen LogP contribution in [0.15, 0.2) is 12.1 Å². The van der Waals surface area contributed by atoms with Gasteiger partial charge in [-0.15, -0.1) is 0 Å². The molecular formula is C14H17ClFN3S. The lowest BCUT2D eigenvalue weighted by atomic mass is 10.2. The maximum absolute atomic E-state index is 13.7. The molecule has 1 unspecified atom stereocenters. The Kier molecular flexibility index (Phi) is 3.84. The summed E-state index contributed by atoms with van der Waals surface area (Å²) in [5.74, 6) is -0.407. The van der Waals surface area contributed by atoms with E-state index < -0.39 is 5.82 Å². The standard InChI is InChI=1S/C14H17ClFN3S/c1-9(18-4-2-3-5-18)8-19-13-7-11(16)10(15)6-12(13)17-14(19)20/h6-7,9H,2-5,8H2,1H3,(H,17,20). The summed E-state index contributed by atoms with van der Waals surface area (Å²) in [5.41, 5.74) is 1.57. The highest BCUT2D eigenvalue weighted by Gasteiger charge is 2.19. The van der Waals surface area contributed by atoms with Crippen LogP contribution < -0.4 is 0 Å². The van der Waals surface area contributed by atoms with Gasteiger partial charge in [-0.1, -0.05) is 11.6 Å². The number of nitrogens with zero attached hydrogens (tertiary/aromatic N) is 2. The highest BCUT2D eigenvalue weighted by atomic mass is 35.5. The molecule has 6 heteroatoms. The van der Waals surface area contributed by atoms with E-state index in [0.717, 1.165) is 30.7 Å². The Hall–Kier alpha value is -0.910. The van der Waals surface area contributed by atoms with Crippen molar-refractivity contribution in [3.8, 4) is 0 Å². The third-order valence-electron chi connectivity index (χ3n) is 4.03. The van der Waals surface area contributed by atoms with Crippen molar-refractivity contribution < 1.29 is 4.39 Å². The molecule has 1 aliphatic rings. The average molecular weight is 314 g/mol. The highest BCUT2D eigenvalue weighted by Crippen LogP contribution is 2.23. The van der Waals surface area contributed by atoms with Crippen LogP contribution in [0.3, 0.4) is 0 Å². The summed E-state index contributed by atoms with van der Waals surface area (Å²) >= 11 is 11.2. The molecule has 1 aromatic carbocycles. The van der Waals surface area contributed by atoms with Gasteiger partial charge < -0.3 is 9.55 Å². The largest absolute Gasteiger partial charge is 0.331 e. The first-order chi connectivity index (χ1) is 9.56. The Balaban J connectivity index is 1.96. The number of hydrogen-bond acceptors (Lipinski definition) is 2. The first-order valence-electron chi connectivity index (χ1n) is 6.88. The fourth-order valence-corrected chi connectivity index (χ4v) is 3.34. The number of nitrogens with one attached hydrogen (secondary N) is 1. The maximum Gasteiger partial charge on any atom is 0.178 e. The van der Waals surface area contributed by atoms with E-state index in [9.17, 15) is 4.39 Å². The molecular weight excluding hydrogens is 297 g/mol. The molecule has 1 atom stereocenters. The minimum atomic E-state index is -0.407. The van der Waals surface area contributed by atoms with E-state index in [4.69, 9.17) is 23.8 Å². The molecule has 108 valence electrons. The molecule has 1 aliphatic heterocycles. The molecule has 2 aromatic rings. The van der Waals surface area contributed by atoms with Gasteiger partial charge in [-0.3, -0.25) is 4.90 Å². The van der Waals surface area contributed by atoms with Gasteiger partial charge in [0.1, 0.15) is 5.82 Å². The van der Waals surface area contributed by atoms with Crippen molar-refractivity contribution in [2.75, 3.05) is 13.1 Å². The van der Waals surface area contributed by atoms with Crippen LogP contribution in [0.5, 0.6) is 0 Å². The number of aromatic amines is 1. The van der Waals surface area contributed by atoms with Crippen molar-refractivity contribution in [2.24, 2.45) is 0 Å². The molecule has 0 saturated carbocycles. The summed E-state index contributed by atoms with van der Waals surface area (Å²) in [5, 5.41) is 0.119. The Bertz CT molecular complexity index is 688. The molecule has 0 spiro atoms. The number of aromatic nitrogens is 2. The second kappa shape index (κ2) is 5.47. The first kappa shape index (κ1) is 14.0. The molecule has 0 aliphatic carbocycles. The van der Waals surface area contributed by atoms with E-state index in [-0.39, 0.29) is 5.02 Å². The van der Waals surface area contributed by atoms with Crippen molar-refractivity contribution in [3.63, 3.8) is 0 Å². The van der Waals surface area contributed by atoms with Crippen LogP contribution in [0.1, 0.15) is 19.8 Å². The van der Waals surface area contributed by atoms with Crippen LogP contribution in [0.2, 0.25) is 5.02 Å². The lowest BCUT2D eigenvalue weighted by Gasteiger charge is -2.24. The van der Waals surface area contributed by atoms with Gasteiger partial charge in [0, 0.05) is 18.7 Å².